The Hall–Kier alpha value is -1.56. The van der Waals surface area contributed by atoms with Crippen LogP contribution in [0.4, 0.5) is 0 Å². The lowest BCUT2D eigenvalue weighted by molar-refractivity contribution is 0.603. The van der Waals surface area contributed by atoms with E-state index in [9.17, 15) is 8.42 Å². The van der Waals surface area contributed by atoms with Gasteiger partial charge < -0.3 is 11.5 Å². The fourth-order valence-electron chi connectivity index (χ4n) is 1.08. The fourth-order valence-corrected chi connectivity index (χ4v) is 2.13. The lowest BCUT2D eigenvalue weighted by Crippen LogP contribution is -2.13. The molecule has 0 radical (unpaired) electrons. The number of nitrogens with two attached hydrogens (primary N) is 2. The molecule has 4 N–H and O–H groups in total. The van der Waals surface area contributed by atoms with Gasteiger partial charge in [-0.2, -0.15) is 0 Å². The molecule has 15 heavy (non-hydrogen) atoms. The van der Waals surface area contributed by atoms with Crippen LogP contribution < -0.4 is 11.5 Å². The summed E-state index contributed by atoms with van der Waals surface area (Å²) < 4.78 is 22.7. The molecule has 0 aliphatic heterocycles. The summed E-state index contributed by atoms with van der Waals surface area (Å²) in [6, 6.07) is 3.54. The predicted octanol–water partition coefficient (Wildman–Crippen LogP) is -0.245. The van der Waals surface area contributed by atoms with Gasteiger partial charge in [0.2, 0.25) is 0 Å². The van der Waals surface area contributed by atoms with Gasteiger partial charge in [0.25, 0.3) is 0 Å². The molecule has 1 heterocycles. The van der Waals surface area contributed by atoms with Gasteiger partial charge in [0.1, 0.15) is 5.82 Å². The normalized spacial score (nSPS) is 10.9. The van der Waals surface area contributed by atoms with E-state index in [1.165, 1.54) is 0 Å². The van der Waals surface area contributed by atoms with Crippen molar-refractivity contribution in [3.05, 3.63) is 41.3 Å². The molecule has 1 rings (SSSR count). The van der Waals surface area contributed by atoms with Crippen LogP contribution in [0.2, 0.25) is 0 Å². The fraction of sp³-hybridized carbons (Fsp3) is 0.222. The zero-order valence-electron chi connectivity index (χ0n) is 8.13. The predicted molar refractivity (Wildman–Crippen MR) is 58.2 cm³/mol. The smallest absolute Gasteiger partial charge is 0.175 e. The second-order valence-electron chi connectivity index (χ2n) is 3.09. The molecule has 0 bridgehead atoms. The van der Waals surface area contributed by atoms with Crippen LogP contribution in [-0.2, 0) is 16.3 Å². The third-order valence-corrected chi connectivity index (χ3v) is 3.14. The molecule has 0 spiro atoms. The van der Waals surface area contributed by atoms with Gasteiger partial charge in [-0.25, -0.2) is 8.42 Å². The van der Waals surface area contributed by atoms with E-state index >= 15 is 0 Å². The quantitative estimate of drug-likeness (QED) is 0.739. The number of pyridine rings is 1. The van der Waals surface area contributed by atoms with Crippen LogP contribution >= 0.6 is 0 Å². The first-order valence-corrected chi connectivity index (χ1v) is 6.05. The molecule has 0 fully saturated rings. The first-order chi connectivity index (χ1) is 6.99. The van der Waals surface area contributed by atoms with Crippen molar-refractivity contribution in [2.24, 2.45) is 11.5 Å². The highest BCUT2D eigenvalue weighted by molar-refractivity contribution is 7.94. The minimum Gasteiger partial charge on any atom is -0.385 e. The Morgan fingerprint density at radius 3 is 2.47 bits per heavy atom. The van der Waals surface area contributed by atoms with Crippen molar-refractivity contribution in [2.75, 3.05) is 5.75 Å². The molecule has 0 saturated heterocycles. The summed E-state index contributed by atoms with van der Waals surface area (Å²) >= 11 is 0. The summed E-state index contributed by atoms with van der Waals surface area (Å²) in [5.74, 6) is -0.195. The van der Waals surface area contributed by atoms with Crippen LogP contribution in [0.15, 0.2) is 35.8 Å². The maximum atomic E-state index is 11.4. The largest absolute Gasteiger partial charge is 0.385 e. The van der Waals surface area contributed by atoms with Gasteiger partial charge in [-0.3, -0.25) is 4.98 Å². The summed E-state index contributed by atoms with van der Waals surface area (Å²) in [5.41, 5.74) is 11.1. The van der Waals surface area contributed by atoms with Crippen LogP contribution in [0.1, 0.15) is 5.56 Å². The Morgan fingerprint density at radius 2 is 1.93 bits per heavy atom. The first kappa shape index (κ1) is 11.5. The van der Waals surface area contributed by atoms with Crippen molar-refractivity contribution in [1.82, 2.24) is 4.98 Å². The van der Waals surface area contributed by atoms with Gasteiger partial charge >= 0.3 is 0 Å². The van der Waals surface area contributed by atoms with Crippen LogP contribution in [0.5, 0.6) is 0 Å². The summed E-state index contributed by atoms with van der Waals surface area (Å²) in [6.45, 7) is 0. The summed E-state index contributed by atoms with van der Waals surface area (Å²) in [7, 11) is -3.31. The van der Waals surface area contributed by atoms with Crippen LogP contribution in [0.3, 0.4) is 0 Å². The molecule has 0 aromatic carbocycles. The second-order valence-corrected chi connectivity index (χ2v) is 5.06. The average Bonchev–Trinajstić information content (AvgIpc) is 2.15. The third-order valence-electron chi connectivity index (χ3n) is 1.74. The summed E-state index contributed by atoms with van der Waals surface area (Å²) in [4.78, 5) is 3.84. The molecule has 0 saturated carbocycles. The molecular formula is C9H13N3O2S. The van der Waals surface area contributed by atoms with E-state index in [1.54, 1.807) is 24.5 Å². The van der Waals surface area contributed by atoms with Gasteiger partial charge in [-0.05, 0) is 24.1 Å². The number of aromatic nitrogens is 1. The van der Waals surface area contributed by atoms with Gasteiger partial charge in [-0.1, -0.05) is 0 Å². The van der Waals surface area contributed by atoms with Crippen molar-refractivity contribution < 1.29 is 8.42 Å². The molecule has 82 valence electrons. The topological polar surface area (TPSA) is 99.1 Å². The van der Waals surface area contributed by atoms with Gasteiger partial charge in [0.15, 0.2) is 9.84 Å². The highest BCUT2D eigenvalue weighted by atomic mass is 32.2. The van der Waals surface area contributed by atoms with E-state index in [0.29, 0.717) is 6.42 Å². The first-order valence-electron chi connectivity index (χ1n) is 4.34. The lowest BCUT2D eigenvalue weighted by Gasteiger charge is -2.00. The third kappa shape index (κ3) is 4.46. The maximum absolute atomic E-state index is 11.4. The molecule has 0 atom stereocenters. The van der Waals surface area contributed by atoms with E-state index in [2.05, 4.69) is 4.98 Å². The summed E-state index contributed by atoms with van der Waals surface area (Å²) in [6.07, 6.45) is 3.67. The Bertz CT molecular complexity index is 436. The molecule has 1 aromatic heterocycles. The van der Waals surface area contributed by atoms with Crippen LogP contribution in [-0.4, -0.2) is 19.2 Å². The van der Waals surface area contributed by atoms with E-state index in [0.717, 1.165) is 11.0 Å². The lowest BCUT2D eigenvalue weighted by atomic mass is 10.2. The van der Waals surface area contributed by atoms with Gasteiger partial charge in [-0.15, -0.1) is 0 Å². The SMILES string of the molecule is NC(N)=CS(=O)(=O)CCc1ccncc1. The molecule has 0 aliphatic rings. The standard InChI is InChI=1S/C9H13N3O2S/c10-9(11)7-15(13,14)6-3-8-1-4-12-5-2-8/h1-2,4-5,7H,3,6,10-11H2. The summed E-state index contributed by atoms with van der Waals surface area (Å²) in [5, 5.41) is 0.883. The highest BCUT2D eigenvalue weighted by Gasteiger charge is 2.07. The zero-order valence-corrected chi connectivity index (χ0v) is 8.94. The molecule has 0 amide bonds. The van der Waals surface area contributed by atoms with Gasteiger partial charge in [0, 0.05) is 12.4 Å². The number of sulfone groups is 1. The Morgan fingerprint density at radius 1 is 1.33 bits per heavy atom. The van der Waals surface area contributed by atoms with Crippen LogP contribution in [0, 0.1) is 0 Å². The Balaban J connectivity index is 2.62. The Labute approximate surface area is 88.7 Å². The zero-order chi connectivity index (χ0) is 11.3. The van der Waals surface area contributed by atoms with Crippen molar-refractivity contribution in [3.63, 3.8) is 0 Å². The van der Waals surface area contributed by atoms with Gasteiger partial charge in [0.05, 0.1) is 11.2 Å². The van der Waals surface area contributed by atoms with E-state index < -0.39 is 9.84 Å². The molecule has 6 heteroatoms. The van der Waals surface area contributed by atoms with E-state index in [4.69, 9.17) is 11.5 Å². The maximum Gasteiger partial charge on any atom is 0.175 e. The number of hydrogen-bond donors (Lipinski definition) is 2. The minimum atomic E-state index is -3.31. The molecule has 5 nitrogen and oxygen atoms in total. The van der Waals surface area contributed by atoms with E-state index in [-0.39, 0.29) is 11.6 Å². The van der Waals surface area contributed by atoms with Crippen molar-refractivity contribution in [3.8, 4) is 0 Å². The molecule has 0 unspecified atom stereocenters. The number of aryl methyl sites for hydroxylation is 1. The number of nitrogens with zero attached hydrogens (tertiary/aromatic N) is 1. The van der Waals surface area contributed by atoms with Crippen molar-refractivity contribution in [2.45, 2.75) is 6.42 Å². The number of rotatable bonds is 4. The molecule has 1 aromatic rings. The monoisotopic (exact) mass is 227 g/mol. The van der Waals surface area contributed by atoms with E-state index in [1.807, 2.05) is 0 Å². The number of hydrogen-bond acceptors (Lipinski definition) is 5. The minimum absolute atomic E-state index is 0.00505. The molecule has 0 aliphatic carbocycles. The average molecular weight is 227 g/mol. The second kappa shape index (κ2) is 4.79. The van der Waals surface area contributed by atoms with Crippen LogP contribution in [0.25, 0.3) is 0 Å². The van der Waals surface area contributed by atoms with Crippen molar-refractivity contribution >= 4 is 9.84 Å². The van der Waals surface area contributed by atoms with Crippen molar-refractivity contribution in [1.29, 1.82) is 0 Å². The Kier molecular flexibility index (Phi) is 3.68. The molecular weight excluding hydrogens is 214 g/mol. The highest BCUT2D eigenvalue weighted by Crippen LogP contribution is 2.02.